The highest BCUT2D eigenvalue weighted by molar-refractivity contribution is 7.07. The highest BCUT2D eigenvalue weighted by Gasteiger charge is 2.23. The molecule has 0 amide bonds. The molecule has 80 valence electrons. The van der Waals surface area contributed by atoms with Crippen molar-refractivity contribution in [2.45, 2.75) is 27.2 Å². The fraction of sp³-hybridized carbons (Fsp3) is 0.667. The van der Waals surface area contributed by atoms with E-state index in [0.717, 1.165) is 6.54 Å². The van der Waals surface area contributed by atoms with Gasteiger partial charge in [-0.2, -0.15) is 11.3 Å². The Hall–Kier alpha value is -0.340. The third-order valence-electron chi connectivity index (χ3n) is 2.74. The van der Waals surface area contributed by atoms with Crippen LogP contribution in [0.15, 0.2) is 16.8 Å². The van der Waals surface area contributed by atoms with Crippen molar-refractivity contribution in [3.05, 3.63) is 22.4 Å². The molecule has 0 saturated carbocycles. The van der Waals surface area contributed by atoms with Gasteiger partial charge < -0.3 is 5.32 Å². The Morgan fingerprint density at radius 3 is 2.57 bits per heavy atom. The lowest BCUT2D eigenvalue weighted by atomic mass is 9.77. The lowest BCUT2D eigenvalue weighted by Crippen LogP contribution is -2.31. The number of hydrogen-bond donors (Lipinski definition) is 1. The Morgan fingerprint density at radius 2 is 2.14 bits per heavy atom. The molecule has 0 aliphatic heterocycles. The van der Waals surface area contributed by atoms with Crippen molar-refractivity contribution in [3.63, 3.8) is 0 Å². The SMILES string of the molecule is CNCC(Cc1ccsc1)C(C)(C)C. The molecular weight excluding hydrogens is 190 g/mol. The second-order valence-corrected chi connectivity index (χ2v) is 5.74. The van der Waals surface area contributed by atoms with Gasteiger partial charge in [0.05, 0.1) is 0 Å². The van der Waals surface area contributed by atoms with Crippen LogP contribution >= 0.6 is 11.3 Å². The first kappa shape index (κ1) is 11.7. The summed E-state index contributed by atoms with van der Waals surface area (Å²) in [6.07, 6.45) is 1.19. The number of thiophene rings is 1. The molecule has 1 unspecified atom stereocenters. The van der Waals surface area contributed by atoms with Crippen LogP contribution in [0.3, 0.4) is 0 Å². The van der Waals surface area contributed by atoms with Gasteiger partial charge in [-0.15, -0.1) is 0 Å². The van der Waals surface area contributed by atoms with Gasteiger partial charge in [0, 0.05) is 0 Å². The van der Waals surface area contributed by atoms with Crippen LogP contribution in [0.25, 0.3) is 0 Å². The van der Waals surface area contributed by atoms with Gasteiger partial charge in [-0.25, -0.2) is 0 Å². The summed E-state index contributed by atoms with van der Waals surface area (Å²) in [4.78, 5) is 0. The van der Waals surface area contributed by atoms with E-state index in [2.05, 4.69) is 42.9 Å². The minimum absolute atomic E-state index is 0.380. The molecule has 1 heterocycles. The lowest BCUT2D eigenvalue weighted by molar-refractivity contribution is 0.235. The third-order valence-corrected chi connectivity index (χ3v) is 3.47. The molecule has 1 atom stereocenters. The molecule has 0 radical (unpaired) electrons. The number of hydrogen-bond acceptors (Lipinski definition) is 2. The summed E-state index contributed by atoms with van der Waals surface area (Å²) in [5.74, 6) is 0.710. The van der Waals surface area contributed by atoms with E-state index in [1.165, 1.54) is 12.0 Å². The maximum atomic E-state index is 3.29. The average Bonchev–Trinajstić information content (AvgIpc) is 2.54. The van der Waals surface area contributed by atoms with Crippen molar-refractivity contribution in [3.8, 4) is 0 Å². The van der Waals surface area contributed by atoms with Crippen molar-refractivity contribution in [1.82, 2.24) is 5.32 Å². The Kier molecular flexibility index (Phi) is 4.14. The molecule has 2 heteroatoms. The van der Waals surface area contributed by atoms with E-state index in [1.807, 2.05) is 7.05 Å². The smallest absolute Gasteiger partial charge is 0.00153 e. The summed E-state index contributed by atoms with van der Waals surface area (Å²) in [6.45, 7) is 8.06. The molecule has 1 N–H and O–H groups in total. The van der Waals surface area contributed by atoms with E-state index >= 15 is 0 Å². The standard InChI is InChI=1S/C12H21NS/c1-12(2,3)11(8-13-4)7-10-5-6-14-9-10/h5-6,9,11,13H,7-8H2,1-4H3. The maximum Gasteiger partial charge on any atom is -0.00153 e. The summed E-state index contributed by atoms with van der Waals surface area (Å²) in [5.41, 5.74) is 1.86. The van der Waals surface area contributed by atoms with Gasteiger partial charge in [-0.3, -0.25) is 0 Å². The first-order valence-corrected chi connectivity index (χ1v) is 6.14. The van der Waals surface area contributed by atoms with Gasteiger partial charge in [-0.05, 0) is 53.7 Å². The molecule has 1 nitrogen and oxygen atoms in total. The predicted octanol–water partition coefficient (Wildman–Crippen LogP) is 3.17. The van der Waals surface area contributed by atoms with Crippen LogP contribution in [0.2, 0.25) is 0 Å². The monoisotopic (exact) mass is 211 g/mol. The average molecular weight is 211 g/mol. The fourth-order valence-electron chi connectivity index (χ4n) is 1.62. The van der Waals surface area contributed by atoms with Crippen LogP contribution < -0.4 is 5.32 Å². The summed E-state index contributed by atoms with van der Waals surface area (Å²) in [7, 11) is 2.03. The summed E-state index contributed by atoms with van der Waals surface area (Å²) >= 11 is 1.79. The van der Waals surface area contributed by atoms with Gasteiger partial charge in [0.1, 0.15) is 0 Å². The second-order valence-electron chi connectivity index (χ2n) is 4.96. The van der Waals surface area contributed by atoms with Gasteiger partial charge in [0.25, 0.3) is 0 Å². The van der Waals surface area contributed by atoms with Gasteiger partial charge in [-0.1, -0.05) is 20.8 Å². The molecule has 14 heavy (non-hydrogen) atoms. The van der Waals surface area contributed by atoms with Crippen molar-refractivity contribution < 1.29 is 0 Å². The Labute approximate surface area is 91.5 Å². The van der Waals surface area contributed by atoms with Crippen molar-refractivity contribution in [2.24, 2.45) is 11.3 Å². The van der Waals surface area contributed by atoms with Crippen LogP contribution in [-0.4, -0.2) is 13.6 Å². The number of nitrogens with one attached hydrogen (secondary N) is 1. The van der Waals surface area contributed by atoms with E-state index in [1.54, 1.807) is 11.3 Å². The quantitative estimate of drug-likeness (QED) is 0.806. The summed E-state index contributed by atoms with van der Waals surface area (Å²) in [6, 6.07) is 2.24. The second kappa shape index (κ2) is 4.94. The van der Waals surface area contributed by atoms with Gasteiger partial charge >= 0.3 is 0 Å². The van der Waals surface area contributed by atoms with E-state index < -0.39 is 0 Å². The molecule has 1 aromatic heterocycles. The van der Waals surface area contributed by atoms with Gasteiger partial charge in [0.2, 0.25) is 0 Å². The topological polar surface area (TPSA) is 12.0 Å². The summed E-state index contributed by atoms with van der Waals surface area (Å²) in [5, 5.41) is 7.71. The molecule has 1 aromatic rings. The minimum Gasteiger partial charge on any atom is -0.319 e. The number of rotatable bonds is 4. The van der Waals surface area contributed by atoms with Crippen LogP contribution in [0.5, 0.6) is 0 Å². The van der Waals surface area contributed by atoms with E-state index in [0.29, 0.717) is 11.3 Å². The predicted molar refractivity (Wildman–Crippen MR) is 64.9 cm³/mol. The molecule has 1 rings (SSSR count). The van der Waals surface area contributed by atoms with E-state index in [4.69, 9.17) is 0 Å². The first-order valence-electron chi connectivity index (χ1n) is 5.19. The first-order chi connectivity index (χ1) is 6.54. The minimum atomic E-state index is 0.380. The van der Waals surface area contributed by atoms with Crippen molar-refractivity contribution in [1.29, 1.82) is 0 Å². The zero-order valence-corrected chi connectivity index (χ0v) is 10.4. The van der Waals surface area contributed by atoms with Crippen molar-refractivity contribution in [2.75, 3.05) is 13.6 Å². The third kappa shape index (κ3) is 3.43. The van der Waals surface area contributed by atoms with E-state index in [9.17, 15) is 0 Å². The van der Waals surface area contributed by atoms with Crippen LogP contribution in [0, 0.1) is 11.3 Å². The largest absolute Gasteiger partial charge is 0.319 e. The van der Waals surface area contributed by atoms with Crippen LogP contribution in [0.1, 0.15) is 26.3 Å². The summed E-state index contributed by atoms with van der Waals surface area (Å²) < 4.78 is 0. The molecule has 0 fully saturated rings. The molecular formula is C12H21NS. The Balaban J connectivity index is 2.60. The van der Waals surface area contributed by atoms with Crippen molar-refractivity contribution >= 4 is 11.3 Å². The molecule has 0 bridgehead atoms. The Bertz CT molecular complexity index is 246. The normalized spacial score (nSPS) is 14.3. The highest BCUT2D eigenvalue weighted by Crippen LogP contribution is 2.29. The van der Waals surface area contributed by atoms with E-state index in [-0.39, 0.29) is 0 Å². The molecule has 0 spiro atoms. The lowest BCUT2D eigenvalue weighted by Gasteiger charge is -2.30. The Morgan fingerprint density at radius 1 is 1.43 bits per heavy atom. The van der Waals surface area contributed by atoms with Crippen LogP contribution in [-0.2, 0) is 6.42 Å². The fourth-order valence-corrected chi connectivity index (χ4v) is 2.31. The molecule has 0 aliphatic carbocycles. The maximum absolute atomic E-state index is 3.29. The highest BCUT2D eigenvalue weighted by atomic mass is 32.1. The molecule has 0 aliphatic rings. The molecule has 0 aromatic carbocycles. The molecule has 0 saturated heterocycles. The zero-order chi connectivity index (χ0) is 10.6. The zero-order valence-electron chi connectivity index (χ0n) is 9.63. The van der Waals surface area contributed by atoms with Gasteiger partial charge in [0.15, 0.2) is 0 Å². The van der Waals surface area contributed by atoms with Crippen LogP contribution in [0.4, 0.5) is 0 Å².